The van der Waals surface area contributed by atoms with Gasteiger partial charge < -0.3 is 30.9 Å². The zero-order chi connectivity index (χ0) is 40.3. The Labute approximate surface area is 312 Å². The molecule has 0 saturated carbocycles. The van der Waals surface area contributed by atoms with E-state index in [4.69, 9.17) is 10.5 Å². The summed E-state index contributed by atoms with van der Waals surface area (Å²) >= 11 is 0. The topological polar surface area (TPSA) is 192 Å². The number of ether oxygens (including phenoxy) is 1. The molecule has 1 unspecified atom stereocenters. The van der Waals surface area contributed by atoms with Crippen LogP contribution in [0.2, 0.25) is 0 Å². The summed E-state index contributed by atoms with van der Waals surface area (Å²) in [6.07, 6.45) is -1.50. The van der Waals surface area contributed by atoms with E-state index in [0.29, 0.717) is 5.56 Å². The number of benzene rings is 3. The third kappa shape index (κ3) is 9.23. The average Bonchev–Trinajstić information content (AvgIpc) is 3.05. The maximum Gasteiger partial charge on any atom is 0.425 e. The monoisotopic (exact) mass is 769 g/mol. The second-order valence-corrected chi connectivity index (χ2v) is 16.1. The molecule has 13 nitrogen and oxygen atoms in total. The summed E-state index contributed by atoms with van der Waals surface area (Å²) < 4.78 is 62.8. The van der Waals surface area contributed by atoms with Crippen molar-refractivity contribution in [1.29, 1.82) is 0 Å². The molecule has 0 aliphatic rings. The number of amides is 3. The van der Waals surface area contributed by atoms with Crippen molar-refractivity contribution in [2.75, 3.05) is 35.4 Å². The molecular formula is C38H45F2N5O8S. The summed E-state index contributed by atoms with van der Waals surface area (Å²) in [6, 6.07) is 9.73. The number of nitrogens with two attached hydrogens (primary N) is 1. The number of nitrogen functional groups attached to an aromatic ring is 1. The lowest BCUT2D eigenvalue weighted by Gasteiger charge is -2.28. The van der Waals surface area contributed by atoms with E-state index in [1.165, 1.54) is 36.3 Å². The van der Waals surface area contributed by atoms with Crippen LogP contribution in [0.4, 0.5) is 35.6 Å². The maximum absolute atomic E-state index is 16.1. The Bertz CT molecular complexity index is 2190. The van der Waals surface area contributed by atoms with Crippen LogP contribution >= 0.6 is 0 Å². The minimum Gasteiger partial charge on any atom is -0.464 e. The van der Waals surface area contributed by atoms with E-state index in [0.717, 1.165) is 23.3 Å². The third-order valence-corrected chi connectivity index (χ3v) is 10.5. The van der Waals surface area contributed by atoms with E-state index < -0.39 is 61.9 Å². The highest BCUT2D eigenvalue weighted by Crippen LogP contribution is 2.34. The van der Waals surface area contributed by atoms with Crippen LogP contribution in [0.25, 0.3) is 10.8 Å². The number of rotatable bonds is 12. The Morgan fingerprint density at radius 1 is 1.06 bits per heavy atom. The molecule has 4 rings (SSSR count). The predicted octanol–water partition coefficient (Wildman–Crippen LogP) is 6.91. The van der Waals surface area contributed by atoms with Crippen LogP contribution in [0.5, 0.6) is 0 Å². The number of aryl methyl sites for hydroxylation is 1. The molecule has 3 amide bonds. The number of hydrogen-bond acceptors (Lipinski definition) is 10. The molecule has 2 atom stereocenters. The molecule has 290 valence electrons. The largest absolute Gasteiger partial charge is 0.464 e. The van der Waals surface area contributed by atoms with E-state index in [2.05, 4.69) is 10.3 Å². The summed E-state index contributed by atoms with van der Waals surface area (Å²) in [5.41, 5.74) is 6.50. The number of carboxylic acid groups (broad SMARTS) is 1. The van der Waals surface area contributed by atoms with E-state index in [-0.39, 0.29) is 63.9 Å². The third-order valence-electron chi connectivity index (χ3n) is 8.50. The maximum atomic E-state index is 16.1. The molecule has 0 aliphatic carbocycles. The molecule has 0 spiro atoms. The van der Waals surface area contributed by atoms with Crippen molar-refractivity contribution < 1.29 is 46.5 Å². The number of nitrogens with zero attached hydrogens (tertiary/aromatic N) is 3. The van der Waals surface area contributed by atoms with Gasteiger partial charge >= 0.3 is 12.2 Å². The van der Waals surface area contributed by atoms with Gasteiger partial charge in [0.2, 0.25) is 5.91 Å². The van der Waals surface area contributed by atoms with Gasteiger partial charge in [-0.25, -0.2) is 31.8 Å². The molecule has 16 heteroatoms. The summed E-state index contributed by atoms with van der Waals surface area (Å²) in [6.45, 7) is 9.41. The number of anilines is 3. The number of likely N-dealkylation sites (N-methyl/N-ethyl adjacent to an activating group) is 1. The molecule has 1 aromatic heterocycles. The molecule has 0 saturated heterocycles. The number of aliphatic hydroxyl groups is 1. The summed E-state index contributed by atoms with van der Waals surface area (Å²) in [7, 11) is -2.70. The van der Waals surface area contributed by atoms with Crippen molar-refractivity contribution in [3.63, 3.8) is 0 Å². The van der Waals surface area contributed by atoms with Crippen molar-refractivity contribution in [2.24, 2.45) is 0 Å². The second kappa shape index (κ2) is 16.3. The standard InChI is InChI=1S/C38H45F2N5O8S/c1-8-13-54(51,52)33-25(15-26(41)17-30(33)40)19-44(7)35(47)32(24-9-10-27(21(2)14-24)22(3)20-46)43-31-16-23-11-12-42-34(28(23)18-29(31)39)45(36(48)49)37(50)53-38(4,5)6/h9-12,14-18,22,32,43,46H,8,13,19-20,41H2,1-7H3,(H,48,49)/t22-,32?/m0/s1. The van der Waals surface area contributed by atoms with Gasteiger partial charge in [-0.3, -0.25) is 4.79 Å². The highest BCUT2D eigenvalue weighted by molar-refractivity contribution is 7.91. The van der Waals surface area contributed by atoms with Crippen molar-refractivity contribution in [1.82, 2.24) is 9.88 Å². The van der Waals surface area contributed by atoms with Crippen LogP contribution < -0.4 is 16.0 Å². The normalized spacial score (nSPS) is 12.9. The first-order valence-electron chi connectivity index (χ1n) is 17.1. The highest BCUT2D eigenvalue weighted by Gasteiger charge is 2.33. The van der Waals surface area contributed by atoms with Crippen LogP contribution in [0, 0.1) is 18.6 Å². The Morgan fingerprint density at radius 2 is 1.74 bits per heavy atom. The first kappa shape index (κ1) is 41.4. The number of pyridine rings is 1. The summed E-state index contributed by atoms with van der Waals surface area (Å²) in [5, 5.41) is 22.8. The van der Waals surface area contributed by atoms with Crippen molar-refractivity contribution in [2.45, 2.75) is 77.0 Å². The molecular weight excluding hydrogens is 725 g/mol. The Balaban J connectivity index is 1.82. The molecule has 1 heterocycles. The molecule has 0 aliphatic heterocycles. The second-order valence-electron chi connectivity index (χ2n) is 14.1. The molecule has 0 fully saturated rings. The van der Waals surface area contributed by atoms with Crippen molar-refractivity contribution in [3.8, 4) is 0 Å². The van der Waals surface area contributed by atoms with Gasteiger partial charge in [-0.15, -0.1) is 0 Å². The first-order valence-corrected chi connectivity index (χ1v) is 18.7. The fourth-order valence-electron chi connectivity index (χ4n) is 6.07. The lowest BCUT2D eigenvalue weighted by Crippen LogP contribution is -2.40. The molecule has 5 N–H and O–H groups in total. The van der Waals surface area contributed by atoms with Gasteiger partial charge in [0.05, 0.1) is 11.4 Å². The van der Waals surface area contributed by atoms with Gasteiger partial charge in [-0.05, 0) is 92.1 Å². The zero-order valence-corrected chi connectivity index (χ0v) is 31.9. The smallest absolute Gasteiger partial charge is 0.425 e. The van der Waals surface area contributed by atoms with Gasteiger partial charge in [0.25, 0.3) is 0 Å². The fourth-order valence-corrected chi connectivity index (χ4v) is 7.69. The van der Waals surface area contributed by atoms with Crippen LogP contribution in [0.3, 0.4) is 0 Å². The van der Waals surface area contributed by atoms with Gasteiger partial charge in [0.15, 0.2) is 15.7 Å². The van der Waals surface area contributed by atoms with Crippen LogP contribution in [0.15, 0.2) is 59.6 Å². The number of aromatic nitrogens is 1. The van der Waals surface area contributed by atoms with Gasteiger partial charge in [0, 0.05) is 43.4 Å². The van der Waals surface area contributed by atoms with Gasteiger partial charge in [-0.2, -0.15) is 4.90 Å². The highest BCUT2D eigenvalue weighted by atomic mass is 32.2. The number of hydrogen-bond donors (Lipinski definition) is 4. The SMILES string of the molecule is CCCS(=O)(=O)c1c(F)cc(N)cc1CN(C)C(=O)C(Nc1cc2ccnc(N(C(=O)O)C(=O)OC(C)(C)C)c2cc1F)c1ccc([C@@H](C)CO)c(C)c1. The van der Waals surface area contributed by atoms with E-state index in [1.54, 1.807) is 52.8 Å². The predicted molar refractivity (Wildman–Crippen MR) is 201 cm³/mol. The van der Waals surface area contributed by atoms with Crippen molar-refractivity contribution >= 4 is 55.9 Å². The number of aliphatic hydroxyl groups excluding tert-OH is 1. The van der Waals surface area contributed by atoms with Crippen molar-refractivity contribution in [3.05, 3.63) is 88.6 Å². The molecule has 4 aromatic rings. The number of sulfone groups is 1. The number of carbonyl (C=O) groups excluding carboxylic acids is 2. The van der Waals surface area contributed by atoms with E-state index in [9.17, 15) is 33.0 Å². The first-order chi connectivity index (χ1) is 25.2. The fraction of sp³-hybridized carbons (Fsp3) is 0.368. The van der Waals surface area contributed by atoms with Gasteiger partial charge in [-0.1, -0.05) is 32.0 Å². The number of nitrogens with one attached hydrogen (secondary N) is 1. The zero-order valence-electron chi connectivity index (χ0n) is 31.1. The molecule has 54 heavy (non-hydrogen) atoms. The number of carbonyl (C=O) groups is 3. The number of imide groups is 1. The van der Waals surface area contributed by atoms with Crippen LogP contribution in [0.1, 0.15) is 75.3 Å². The van der Waals surface area contributed by atoms with Gasteiger partial charge in [0.1, 0.15) is 28.2 Å². The summed E-state index contributed by atoms with van der Waals surface area (Å²) in [5.74, 6) is -3.59. The van der Waals surface area contributed by atoms with Crippen LogP contribution in [-0.2, 0) is 25.9 Å². The Morgan fingerprint density at radius 3 is 2.33 bits per heavy atom. The average molecular weight is 770 g/mol. The minimum absolute atomic E-state index is 0.0382. The molecule has 0 bridgehead atoms. The molecule has 3 aromatic carbocycles. The van der Waals surface area contributed by atoms with E-state index >= 15 is 8.78 Å². The Kier molecular flexibility index (Phi) is 12.5. The Hall–Kier alpha value is -5.35. The lowest BCUT2D eigenvalue weighted by molar-refractivity contribution is -0.131. The van der Waals surface area contributed by atoms with Crippen LogP contribution in [-0.4, -0.2) is 71.6 Å². The number of fused-ring (bicyclic) bond motifs is 1. The molecule has 0 radical (unpaired) electrons. The quantitative estimate of drug-likeness (QED) is 0.109. The lowest BCUT2D eigenvalue weighted by atomic mass is 9.93. The summed E-state index contributed by atoms with van der Waals surface area (Å²) in [4.78, 5) is 44.4. The number of halogens is 2. The van der Waals surface area contributed by atoms with E-state index in [1.807, 2.05) is 6.92 Å². The minimum atomic E-state index is -4.09.